The third kappa shape index (κ3) is 2.39. The quantitative estimate of drug-likeness (QED) is 0.571. The summed E-state index contributed by atoms with van der Waals surface area (Å²) in [6, 6.07) is 3.24. The first kappa shape index (κ1) is 12.7. The third-order valence-corrected chi connectivity index (χ3v) is 2.64. The van der Waals surface area contributed by atoms with Gasteiger partial charge in [-0.2, -0.15) is 0 Å². The number of hydrogen-bond donors (Lipinski definition) is 1. The maximum Gasteiger partial charge on any atom is 0.280 e. The van der Waals surface area contributed by atoms with Crippen LogP contribution in [-0.4, -0.2) is 53.2 Å². The van der Waals surface area contributed by atoms with E-state index < -0.39 is 0 Å². The lowest BCUT2D eigenvalue weighted by molar-refractivity contribution is 0.0599. The summed E-state index contributed by atoms with van der Waals surface area (Å²) in [5.41, 5.74) is 0.581. The van der Waals surface area contributed by atoms with E-state index >= 15 is 0 Å². The van der Waals surface area contributed by atoms with Gasteiger partial charge in [0, 0.05) is 19.3 Å². The molecule has 18 heavy (non-hydrogen) atoms. The number of nitrogens with zero attached hydrogens (tertiary/aromatic N) is 2. The Morgan fingerprint density at radius 3 is 2.83 bits per heavy atom. The van der Waals surface area contributed by atoms with Crippen molar-refractivity contribution in [3.8, 4) is 0 Å². The fourth-order valence-corrected chi connectivity index (χ4v) is 1.81. The van der Waals surface area contributed by atoms with Gasteiger partial charge in [0.15, 0.2) is 0 Å². The normalized spacial score (nSPS) is 14.2. The Kier molecular flexibility index (Phi) is 4.01. The average Bonchev–Trinajstić information content (AvgIpc) is 2.64. The van der Waals surface area contributed by atoms with Gasteiger partial charge in [-0.25, -0.2) is 0 Å². The maximum atomic E-state index is 11.9. The molecule has 2 heterocycles. The van der Waals surface area contributed by atoms with E-state index in [4.69, 9.17) is 9.84 Å². The van der Waals surface area contributed by atoms with Crippen LogP contribution in [0.4, 0.5) is 0 Å². The SMILES string of the molecule is O=C1c2cccnc2C(=O)N1CCCOCCO. The number of pyridine rings is 1. The van der Waals surface area contributed by atoms with Crippen molar-refractivity contribution >= 4 is 11.8 Å². The first-order chi connectivity index (χ1) is 8.75. The van der Waals surface area contributed by atoms with E-state index in [2.05, 4.69) is 4.98 Å². The largest absolute Gasteiger partial charge is 0.394 e. The number of fused-ring (bicyclic) bond motifs is 1. The molecular formula is C12H14N2O4. The molecule has 6 nitrogen and oxygen atoms in total. The second-order valence-corrected chi connectivity index (χ2v) is 3.85. The van der Waals surface area contributed by atoms with Gasteiger partial charge in [0.2, 0.25) is 0 Å². The molecule has 96 valence electrons. The van der Waals surface area contributed by atoms with Crippen LogP contribution in [0.15, 0.2) is 18.3 Å². The molecule has 0 fully saturated rings. The van der Waals surface area contributed by atoms with Gasteiger partial charge in [-0.1, -0.05) is 0 Å². The van der Waals surface area contributed by atoms with E-state index in [1.165, 1.54) is 11.1 Å². The van der Waals surface area contributed by atoms with Crippen LogP contribution >= 0.6 is 0 Å². The Morgan fingerprint density at radius 1 is 1.28 bits per heavy atom. The van der Waals surface area contributed by atoms with Gasteiger partial charge in [0.25, 0.3) is 11.8 Å². The van der Waals surface area contributed by atoms with E-state index in [0.29, 0.717) is 25.1 Å². The van der Waals surface area contributed by atoms with E-state index in [0.717, 1.165) is 0 Å². The zero-order chi connectivity index (χ0) is 13.0. The van der Waals surface area contributed by atoms with E-state index in [1.807, 2.05) is 0 Å². The molecule has 0 saturated heterocycles. The summed E-state index contributed by atoms with van der Waals surface area (Å²) in [6.45, 7) is 0.946. The molecule has 0 saturated carbocycles. The van der Waals surface area contributed by atoms with Gasteiger partial charge < -0.3 is 9.84 Å². The minimum atomic E-state index is -0.349. The van der Waals surface area contributed by atoms with Crippen molar-refractivity contribution in [1.29, 1.82) is 0 Å². The molecule has 0 atom stereocenters. The smallest absolute Gasteiger partial charge is 0.280 e. The van der Waals surface area contributed by atoms with Gasteiger partial charge in [0.1, 0.15) is 5.69 Å². The zero-order valence-electron chi connectivity index (χ0n) is 9.83. The Balaban J connectivity index is 1.93. The van der Waals surface area contributed by atoms with Gasteiger partial charge in [-0.15, -0.1) is 0 Å². The molecule has 1 aliphatic rings. The van der Waals surface area contributed by atoms with Crippen LogP contribution in [0.3, 0.4) is 0 Å². The van der Waals surface area contributed by atoms with Crippen LogP contribution in [0.25, 0.3) is 0 Å². The summed E-state index contributed by atoms with van der Waals surface area (Å²) >= 11 is 0. The van der Waals surface area contributed by atoms with Gasteiger partial charge in [0.05, 0.1) is 18.8 Å². The maximum absolute atomic E-state index is 11.9. The first-order valence-corrected chi connectivity index (χ1v) is 5.75. The number of carbonyl (C=O) groups excluding carboxylic acids is 2. The fourth-order valence-electron chi connectivity index (χ4n) is 1.81. The molecule has 1 N–H and O–H groups in total. The number of carbonyl (C=O) groups is 2. The topological polar surface area (TPSA) is 79.7 Å². The van der Waals surface area contributed by atoms with Crippen molar-refractivity contribution in [2.24, 2.45) is 0 Å². The number of hydrogen-bond acceptors (Lipinski definition) is 5. The van der Waals surface area contributed by atoms with Gasteiger partial charge in [-0.3, -0.25) is 19.5 Å². The summed E-state index contributed by atoms with van der Waals surface area (Å²) < 4.78 is 5.08. The van der Waals surface area contributed by atoms with Crippen LogP contribution in [0, 0.1) is 0 Å². The summed E-state index contributed by atoms with van der Waals surface area (Å²) in [5.74, 6) is -0.650. The molecule has 0 unspecified atom stereocenters. The molecule has 1 aromatic rings. The Morgan fingerprint density at radius 2 is 2.11 bits per heavy atom. The van der Waals surface area contributed by atoms with Crippen molar-refractivity contribution in [3.05, 3.63) is 29.6 Å². The predicted molar refractivity (Wildman–Crippen MR) is 62.1 cm³/mol. The zero-order valence-corrected chi connectivity index (χ0v) is 9.83. The van der Waals surface area contributed by atoms with Crippen LogP contribution in [0.5, 0.6) is 0 Å². The molecular weight excluding hydrogens is 236 g/mol. The summed E-state index contributed by atoms with van der Waals surface area (Å²) in [5, 5.41) is 8.53. The highest BCUT2D eigenvalue weighted by Gasteiger charge is 2.35. The molecule has 2 rings (SSSR count). The van der Waals surface area contributed by atoms with Crippen molar-refractivity contribution in [1.82, 2.24) is 9.88 Å². The average molecular weight is 250 g/mol. The minimum Gasteiger partial charge on any atom is -0.394 e. The highest BCUT2D eigenvalue weighted by Crippen LogP contribution is 2.20. The summed E-state index contributed by atoms with van der Waals surface area (Å²) in [7, 11) is 0. The van der Waals surface area contributed by atoms with Crippen LogP contribution in [0.1, 0.15) is 27.3 Å². The van der Waals surface area contributed by atoms with E-state index in [1.54, 1.807) is 12.1 Å². The highest BCUT2D eigenvalue weighted by atomic mass is 16.5. The number of amides is 2. The summed E-state index contributed by atoms with van der Waals surface area (Å²) in [6.07, 6.45) is 2.04. The van der Waals surface area contributed by atoms with E-state index in [-0.39, 0.29) is 30.7 Å². The molecule has 2 amide bonds. The lowest BCUT2D eigenvalue weighted by Crippen LogP contribution is -2.31. The molecule has 0 bridgehead atoms. The first-order valence-electron chi connectivity index (χ1n) is 5.75. The third-order valence-electron chi connectivity index (χ3n) is 2.64. The van der Waals surface area contributed by atoms with Crippen LogP contribution in [-0.2, 0) is 4.74 Å². The second-order valence-electron chi connectivity index (χ2n) is 3.85. The molecule has 0 radical (unpaired) electrons. The summed E-state index contributed by atoms with van der Waals surface area (Å²) in [4.78, 5) is 28.9. The lowest BCUT2D eigenvalue weighted by Gasteiger charge is -2.12. The van der Waals surface area contributed by atoms with Crippen molar-refractivity contribution in [3.63, 3.8) is 0 Å². The Hall–Kier alpha value is -1.79. The minimum absolute atomic E-state index is 0.0308. The van der Waals surface area contributed by atoms with Gasteiger partial charge >= 0.3 is 0 Å². The number of aromatic nitrogens is 1. The predicted octanol–water partition coefficient (Wildman–Crippen LogP) is 0.0766. The number of rotatable bonds is 6. The monoisotopic (exact) mass is 250 g/mol. The molecule has 0 spiro atoms. The number of ether oxygens (including phenoxy) is 1. The van der Waals surface area contributed by atoms with Crippen molar-refractivity contribution in [2.45, 2.75) is 6.42 Å². The number of imide groups is 1. The van der Waals surface area contributed by atoms with Crippen molar-refractivity contribution < 1.29 is 19.4 Å². The molecule has 0 aromatic carbocycles. The van der Waals surface area contributed by atoms with Crippen LogP contribution < -0.4 is 0 Å². The Bertz CT molecular complexity index is 426. The molecule has 6 heteroatoms. The second kappa shape index (κ2) is 5.70. The molecule has 0 aliphatic carbocycles. The van der Waals surface area contributed by atoms with E-state index in [9.17, 15) is 9.59 Å². The number of aliphatic hydroxyl groups excluding tert-OH is 1. The van der Waals surface area contributed by atoms with Crippen LogP contribution in [0.2, 0.25) is 0 Å². The standard InChI is InChI=1S/C12H14N2O4/c15-6-8-18-7-2-5-14-11(16)9-3-1-4-13-10(9)12(14)17/h1,3-4,15H,2,5-8H2. The van der Waals surface area contributed by atoms with Gasteiger partial charge in [-0.05, 0) is 18.6 Å². The van der Waals surface area contributed by atoms with Crippen molar-refractivity contribution in [2.75, 3.05) is 26.4 Å². The number of aliphatic hydroxyl groups is 1. The highest BCUT2D eigenvalue weighted by molar-refractivity contribution is 6.20. The Labute approximate surface area is 104 Å². The fraction of sp³-hybridized carbons (Fsp3) is 0.417. The molecule has 1 aromatic heterocycles. The lowest BCUT2D eigenvalue weighted by atomic mass is 10.2. The molecule has 1 aliphatic heterocycles.